The smallest absolute Gasteiger partial charge is 1.00 e. The van der Waals surface area contributed by atoms with Crippen LogP contribution in [0.3, 0.4) is 0 Å². The van der Waals surface area contributed by atoms with Crippen LogP contribution in [-0.4, -0.2) is 23.4 Å². The van der Waals surface area contributed by atoms with E-state index >= 15 is 0 Å². The molecule has 94 valence electrons. The number of rotatable bonds is 1. The minimum Gasteiger partial charge on any atom is -1.00 e. The number of nitriles is 1. The Morgan fingerprint density at radius 2 is 2.00 bits per heavy atom. The van der Waals surface area contributed by atoms with E-state index in [9.17, 15) is 4.91 Å². The summed E-state index contributed by atoms with van der Waals surface area (Å²) in [7, 11) is 0.750. The zero-order chi connectivity index (χ0) is 13.5. The monoisotopic (exact) mass is 267 g/mol. The summed E-state index contributed by atoms with van der Waals surface area (Å²) in [5.74, 6) is 0. The van der Waals surface area contributed by atoms with Crippen LogP contribution >= 0.6 is 0 Å². The predicted molar refractivity (Wildman–Crippen MR) is 66.1 cm³/mol. The molecule has 2 rings (SSSR count). The number of hydrogen-bond donors (Lipinski definition) is 0. The Bertz CT molecular complexity index is 550. The Balaban J connectivity index is 0. The molecule has 0 atom stereocenters. The van der Waals surface area contributed by atoms with Crippen molar-refractivity contribution >= 4 is 5.57 Å². The number of hydrogen-bond acceptors (Lipinski definition) is 4. The molecule has 0 bridgehead atoms. The molecule has 1 aliphatic heterocycles. The van der Waals surface area contributed by atoms with Crippen molar-refractivity contribution in [2.24, 2.45) is 0 Å². The van der Waals surface area contributed by atoms with Gasteiger partial charge in [-0.05, 0) is 24.6 Å². The molecule has 0 saturated heterocycles. The van der Waals surface area contributed by atoms with Crippen LogP contribution in [0.25, 0.3) is 5.57 Å². The van der Waals surface area contributed by atoms with Crippen LogP contribution in [-0.2, 0) is 0 Å². The molecule has 1 aromatic heterocycles. The molecule has 1 aromatic rings. The van der Waals surface area contributed by atoms with E-state index in [-0.39, 0.29) is 31.0 Å². The average Bonchev–Trinajstić information content (AvgIpc) is 2.41. The standard InChI is InChI=1S/C12H10N3O.CH3O.Na.H/c1-9-7-15(16)8-11(6-13)12(9)10-2-4-14-5-3-10;1-2;;/h2-5,8H,7H2,1H3;1H3;;/q+1;-1;+1;-1. The van der Waals surface area contributed by atoms with Crippen molar-refractivity contribution in [1.29, 1.82) is 5.26 Å². The maximum absolute atomic E-state index is 11.3. The molecular weight excluding hydrogens is 253 g/mol. The van der Waals surface area contributed by atoms with E-state index in [1.807, 2.05) is 19.1 Å². The molecule has 0 saturated carbocycles. The molecule has 0 fully saturated rings. The quantitative estimate of drug-likeness (QED) is 0.442. The number of aromatic nitrogens is 1. The number of pyridine rings is 1. The van der Waals surface area contributed by atoms with Gasteiger partial charge in [-0.3, -0.25) is 4.98 Å². The Kier molecular flexibility index (Phi) is 8.12. The van der Waals surface area contributed by atoms with Crippen LogP contribution in [0.15, 0.2) is 41.9 Å². The van der Waals surface area contributed by atoms with Crippen LogP contribution < -0.4 is 34.7 Å². The Hall–Kier alpha value is -1.32. The van der Waals surface area contributed by atoms with Gasteiger partial charge in [-0.1, -0.05) is 0 Å². The molecule has 19 heavy (non-hydrogen) atoms. The van der Waals surface area contributed by atoms with Crippen molar-refractivity contribution in [2.45, 2.75) is 6.92 Å². The average molecular weight is 267 g/mol. The summed E-state index contributed by atoms with van der Waals surface area (Å²) in [4.78, 5) is 15.2. The summed E-state index contributed by atoms with van der Waals surface area (Å²) in [5, 5.41) is 17.3. The molecule has 0 radical (unpaired) electrons. The largest absolute Gasteiger partial charge is 1.00 e. The van der Waals surface area contributed by atoms with Crippen molar-refractivity contribution in [3.63, 3.8) is 0 Å². The van der Waals surface area contributed by atoms with E-state index in [2.05, 4.69) is 11.1 Å². The topological polar surface area (TPSA) is 79.8 Å². The molecule has 6 heteroatoms. The van der Waals surface area contributed by atoms with Gasteiger partial charge in [0, 0.05) is 33.2 Å². The van der Waals surface area contributed by atoms with Crippen molar-refractivity contribution in [3.8, 4) is 6.07 Å². The van der Waals surface area contributed by atoms with Crippen LogP contribution in [0.1, 0.15) is 13.9 Å². The third-order valence-electron chi connectivity index (χ3n) is 2.45. The van der Waals surface area contributed by atoms with Gasteiger partial charge in [-0.25, -0.2) is 0 Å². The summed E-state index contributed by atoms with van der Waals surface area (Å²) in [6.45, 7) is 2.17. The van der Waals surface area contributed by atoms with E-state index in [0.717, 1.165) is 28.6 Å². The second-order valence-corrected chi connectivity index (χ2v) is 3.62. The maximum atomic E-state index is 11.3. The van der Waals surface area contributed by atoms with Gasteiger partial charge in [0.25, 0.3) is 0 Å². The second kappa shape index (κ2) is 8.73. The molecule has 1 aliphatic rings. The maximum Gasteiger partial charge on any atom is 1.00 e. The van der Waals surface area contributed by atoms with Gasteiger partial charge in [-0.2, -0.15) is 12.4 Å². The first-order chi connectivity index (χ1) is 8.72. The fourth-order valence-electron chi connectivity index (χ4n) is 1.80. The van der Waals surface area contributed by atoms with Crippen LogP contribution in [0.4, 0.5) is 0 Å². The normalized spacial score (nSPS) is 13.6. The minimum absolute atomic E-state index is 0. The molecule has 0 unspecified atom stereocenters. The fourth-order valence-corrected chi connectivity index (χ4v) is 1.80. The SMILES string of the molecule is CC1=C(c2ccncc2)C(C#N)=C[N+](=O)C1.C[O-].[H-].[Na+]. The summed E-state index contributed by atoms with van der Waals surface area (Å²) in [6.07, 6.45) is 4.69. The molecular formula is C13H14N3NaO2. The zero-order valence-corrected chi connectivity index (χ0v) is 13.3. The fraction of sp³-hybridized carbons (Fsp3) is 0.231. The van der Waals surface area contributed by atoms with Gasteiger partial charge in [0.2, 0.25) is 12.7 Å². The van der Waals surface area contributed by atoms with Gasteiger partial charge in [0.05, 0.1) is 0 Å². The summed E-state index contributed by atoms with van der Waals surface area (Å²) in [6, 6.07) is 5.73. The first-order valence-electron chi connectivity index (χ1n) is 5.29. The first kappa shape index (κ1) is 17.7. The third kappa shape index (κ3) is 4.37. The van der Waals surface area contributed by atoms with Crippen LogP contribution in [0.2, 0.25) is 0 Å². The van der Waals surface area contributed by atoms with Crippen molar-refractivity contribution in [2.75, 3.05) is 13.7 Å². The third-order valence-corrected chi connectivity index (χ3v) is 2.45. The zero-order valence-electron chi connectivity index (χ0n) is 12.3. The van der Waals surface area contributed by atoms with Gasteiger partial charge in [0.1, 0.15) is 11.6 Å². The molecule has 0 amide bonds. The Morgan fingerprint density at radius 1 is 1.42 bits per heavy atom. The Labute approximate surface area is 135 Å². The van der Waals surface area contributed by atoms with Gasteiger partial charge >= 0.3 is 29.6 Å². The van der Waals surface area contributed by atoms with E-state index in [0.29, 0.717) is 12.1 Å². The Morgan fingerprint density at radius 3 is 2.53 bits per heavy atom. The van der Waals surface area contributed by atoms with E-state index in [4.69, 9.17) is 10.4 Å². The van der Waals surface area contributed by atoms with E-state index in [1.165, 1.54) is 6.20 Å². The first-order valence-corrected chi connectivity index (χ1v) is 5.29. The van der Waals surface area contributed by atoms with Gasteiger partial charge in [0.15, 0.2) is 0 Å². The van der Waals surface area contributed by atoms with Crippen LogP contribution in [0, 0.1) is 16.2 Å². The molecule has 5 nitrogen and oxygen atoms in total. The van der Waals surface area contributed by atoms with E-state index in [1.54, 1.807) is 12.4 Å². The van der Waals surface area contributed by atoms with Crippen molar-refractivity contribution < 1.29 is 40.9 Å². The van der Waals surface area contributed by atoms with Crippen molar-refractivity contribution in [3.05, 3.63) is 52.3 Å². The number of nitrogens with zero attached hydrogens (tertiary/aromatic N) is 3. The molecule has 0 aromatic carbocycles. The predicted octanol–water partition coefficient (Wildman–Crippen LogP) is -1.85. The number of nitroso groups, excluding NO2 is 1. The number of allylic oxidation sites excluding steroid dienone is 2. The molecule has 0 spiro atoms. The molecule has 0 N–H and O–H groups in total. The van der Waals surface area contributed by atoms with Gasteiger partial charge in [-0.15, -0.1) is 0 Å². The molecule has 2 heterocycles. The summed E-state index contributed by atoms with van der Waals surface area (Å²) in [5.41, 5.74) is 3.08. The van der Waals surface area contributed by atoms with Crippen LogP contribution in [0.5, 0.6) is 0 Å². The van der Waals surface area contributed by atoms with Crippen molar-refractivity contribution in [1.82, 2.24) is 4.98 Å². The minimum atomic E-state index is 0. The summed E-state index contributed by atoms with van der Waals surface area (Å²) < 4.78 is 0.776. The molecule has 0 aliphatic carbocycles. The second-order valence-electron chi connectivity index (χ2n) is 3.62. The van der Waals surface area contributed by atoms with Gasteiger partial charge < -0.3 is 6.53 Å². The van der Waals surface area contributed by atoms with E-state index < -0.39 is 0 Å². The summed E-state index contributed by atoms with van der Waals surface area (Å²) >= 11 is 0.